The van der Waals surface area contributed by atoms with Crippen molar-refractivity contribution in [3.63, 3.8) is 0 Å². The second kappa shape index (κ2) is 11.2. The van der Waals surface area contributed by atoms with E-state index in [1.54, 1.807) is 17.9 Å². The van der Waals surface area contributed by atoms with Crippen LogP contribution in [0.3, 0.4) is 0 Å². The van der Waals surface area contributed by atoms with E-state index in [1.165, 1.54) is 0 Å². The monoisotopic (exact) mass is 414 g/mol. The van der Waals surface area contributed by atoms with Gasteiger partial charge in [0, 0.05) is 25.4 Å². The Morgan fingerprint density at radius 2 is 1.83 bits per heavy atom. The topological polar surface area (TPSA) is 68.2 Å². The summed E-state index contributed by atoms with van der Waals surface area (Å²) in [6.45, 7) is 1.12. The van der Waals surface area contributed by atoms with Gasteiger partial charge < -0.3 is 15.4 Å². The number of aryl methyl sites for hydroxylation is 1. The molecule has 2 aromatic carbocycles. The third-order valence-electron chi connectivity index (χ3n) is 4.49. The highest BCUT2D eigenvalue weighted by molar-refractivity contribution is 5.85. The minimum Gasteiger partial charge on any atom is -0.489 e. The molecule has 0 spiro atoms. The van der Waals surface area contributed by atoms with Crippen molar-refractivity contribution in [2.24, 2.45) is 7.05 Å². The second-order valence-corrected chi connectivity index (χ2v) is 6.63. The molecule has 1 heterocycles. The second-order valence-electron chi connectivity index (χ2n) is 6.63. The molecule has 0 aliphatic rings. The summed E-state index contributed by atoms with van der Waals surface area (Å²) in [4.78, 5) is 12.4. The Balaban J connectivity index is 0.00000300. The summed E-state index contributed by atoms with van der Waals surface area (Å²) in [6, 6.07) is 17.7. The molecule has 154 valence electrons. The summed E-state index contributed by atoms with van der Waals surface area (Å²) in [5.41, 5.74) is 3.14. The van der Waals surface area contributed by atoms with E-state index in [1.807, 2.05) is 67.8 Å². The SMILES string of the molecule is CNC(C(=O)NCCc1ccc(OCc2ccccc2)cc1)c1cnn(C)c1.Cl. The number of aromatic nitrogens is 2. The van der Waals surface area contributed by atoms with Crippen LogP contribution in [0.2, 0.25) is 0 Å². The van der Waals surface area contributed by atoms with Crippen molar-refractivity contribution < 1.29 is 9.53 Å². The maximum absolute atomic E-state index is 12.4. The minimum absolute atomic E-state index is 0. The van der Waals surface area contributed by atoms with Gasteiger partial charge in [-0.25, -0.2) is 0 Å². The maximum Gasteiger partial charge on any atom is 0.241 e. The van der Waals surface area contributed by atoms with E-state index >= 15 is 0 Å². The Hall–Kier alpha value is -2.83. The maximum atomic E-state index is 12.4. The molecule has 0 fully saturated rings. The highest BCUT2D eigenvalue weighted by Gasteiger charge is 2.19. The van der Waals surface area contributed by atoms with Crippen molar-refractivity contribution in [2.45, 2.75) is 19.1 Å². The summed E-state index contributed by atoms with van der Waals surface area (Å²) >= 11 is 0. The fourth-order valence-electron chi connectivity index (χ4n) is 2.96. The van der Waals surface area contributed by atoms with Crippen LogP contribution in [0.4, 0.5) is 0 Å². The molecule has 3 aromatic rings. The number of likely N-dealkylation sites (N-methyl/N-ethyl adjacent to an activating group) is 1. The highest BCUT2D eigenvalue weighted by Crippen LogP contribution is 2.15. The van der Waals surface area contributed by atoms with Crippen molar-refractivity contribution in [1.82, 2.24) is 20.4 Å². The Morgan fingerprint density at radius 1 is 1.10 bits per heavy atom. The molecule has 0 saturated carbocycles. The van der Waals surface area contributed by atoms with Crippen LogP contribution in [-0.4, -0.2) is 29.3 Å². The number of carbonyl (C=O) groups excluding carboxylic acids is 1. The summed E-state index contributed by atoms with van der Waals surface area (Å²) < 4.78 is 7.49. The molecule has 1 unspecified atom stereocenters. The molecule has 7 heteroatoms. The van der Waals surface area contributed by atoms with Gasteiger partial charge in [-0.3, -0.25) is 9.48 Å². The van der Waals surface area contributed by atoms with Gasteiger partial charge in [0.05, 0.1) is 6.20 Å². The third kappa shape index (κ3) is 6.62. The van der Waals surface area contributed by atoms with E-state index in [4.69, 9.17) is 4.74 Å². The average molecular weight is 415 g/mol. The molecule has 1 aromatic heterocycles. The first-order chi connectivity index (χ1) is 13.7. The molecule has 2 N–H and O–H groups in total. The summed E-state index contributed by atoms with van der Waals surface area (Å²) in [7, 11) is 3.60. The molecule has 0 aliphatic carbocycles. The highest BCUT2D eigenvalue weighted by atomic mass is 35.5. The van der Waals surface area contributed by atoms with Gasteiger partial charge in [-0.1, -0.05) is 42.5 Å². The number of nitrogens with one attached hydrogen (secondary N) is 2. The lowest BCUT2D eigenvalue weighted by molar-refractivity contribution is -0.123. The Bertz CT molecular complexity index is 881. The van der Waals surface area contributed by atoms with Crippen LogP contribution in [0.5, 0.6) is 5.75 Å². The van der Waals surface area contributed by atoms with Crippen molar-refractivity contribution in [3.8, 4) is 5.75 Å². The summed E-state index contributed by atoms with van der Waals surface area (Å²) in [5.74, 6) is 0.779. The quantitative estimate of drug-likeness (QED) is 0.564. The van der Waals surface area contributed by atoms with E-state index in [0.29, 0.717) is 13.2 Å². The van der Waals surface area contributed by atoms with Crippen LogP contribution in [0.15, 0.2) is 67.0 Å². The van der Waals surface area contributed by atoms with Crippen LogP contribution >= 0.6 is 12.4 Å². The molecule has 6 nitrogen and oxygen atoms in total. The summed E-state index contributed by atoms with van der Waals surface area (Å²) in [6.07, 6.45) is 4.30. The van der Waals surface area contributed by atoms with E-state index in [2.05, 4.69) is 15.7 Å². The molecule has 0 bridgehead atoms. The average Bonchev–Trinajstić information content (AvgIpc) is 3.14. The molecule has 1 amide bonds. The number of carbonyl (C=O) groups is 1. The number of nitrogens with zero attached hydrogens (tertiary/aromatic N) is 2. The molecule has 0 saturated heterocycles. The van der Waals surface area contributed by atoms with Crippen molar-refractivity contribution in [3.05, 3.63) is 83.7 Å². The smallest absolute Gasteiger partial charge is 0.241 e. The van der Waals surface area contributed by atoms with E-state index in [9.17, 15) is 4.79 Å². The predicted molar refractivity (Wildman–Crippen MR) is 116 cm³/mol. The number of hydrogen-bond donors (Lipinski definition) is 2. The molecule has 3 rings (SSSR count). The number of ether oxygens (including phenoxy) is 1. The lowest BCUT2D eigenvalue weighted by Gasteiger charge is -2.14. The standard InChI is InChI=1S/C22H26N4O2.ClH/c1-23-21(19-14-25-26(2)15-19)22(27)24-13-12-17-8-10-20(11-9-17)28-16-18-6-4-3-5-7-18;/h3-11,14-15,21,23H,12-13,16H2,1-2H3,(H,24,27);1H. The van der Waals surface area contributed by atoms with E-state index < -0.39 is 6.04 Å². The van der Waals surface area contributed by atoms with Crippen LogP contribution in [0.25, 0.3) is 0 Å². The normalized spacial score (nSPS) is 11.4. The number of halogens is 1. The predicted octanol–water partition coefficient (Wildman–Crippen LogP) is 3.04. The van der Waals surface area contributed by atoms with Crippen LogP contribution in [0, 0.1) is 0 Å². The Labute approximate surface area is 177 Å². The number of rotatable bonds is 9. The lowest BCUT2D eigenvalue weighted by Crippen LogP contribution is -2.36. The Kier molecular flexibility index (Phi) is 8.70. The molecule has 0 aliphatic heterocycles. The van der Waals surface area contributed by atoms with Crippen LogP contribution < -0.4 is 15.4 Å². The molecule has 1 atom stereocenters. The zero-order valence-electron chi connectivity index (χ0n) is 16.7. The van der Waals surface area contributed by atoms with Gasteiger partial charge >= 0.3 is 0 Å². The van der Waals surface area contributed by atoms with Gasteiger partial charge in [-0.2, -0.15) is 5.10 Å². The fraction of sp³-hybridized carbons (Fsp3) is 0.273. The van der Waals surface area contributed by atoms with Crippen molar-refractivity contribution >= 4 is 18.3 Å². The minimum atomic E-state index is -0.400. The Morgan fingerprint density at radius 3 is 2.45 bits per heavy atom. The first-order valence-corrected chi connectivity index (χ1v) is 9.35. The zero-order chi connectivity index (χ0) is 19.8. The molecule has 0 radical (unpaired) electrons. The van der Waals surface area contributed by atoms with Gasteiger partial charge in [-0.15, -0.1) is 12.4 Å². The van der Waals surface area contributed by atoms with Crippen molar-refractivity contribution in [2.75, 3.05) is 13.6 Å². The van der Waals surface area contributed by atoms with Gasteiger partial charge in [0.1, 0.15) is 18.4 Å². The van der Waals surface area contributed by atoms with Gasteiger partial charge in [0.15, 0.2) is 0 Å². The zero-order valence-corrected chi connectivity index (χ0v) is 17.5. The largest absolute Gasteiger partial charge is 0.489 e. The number of benzene rings is 2. The van der Waals surface area contributed by atoms with Gasteiger partial charge in [0.2, 0.25) is 5.91 Å². The van der Waals surface area contributed by atoms with Crippen LogP contribution in [0.1, 0.15) is 22.7 Å². The molecular formula is C22H27ClN4O2. The van der Waals surface area contributed by atoms with Crippen molar-refractivity contribution in [1.29, 1.82) is 0 Å². The first-order valence-electron chi connectivity index (χ1n) is 9.35. The number of amides is 1. The van der Waals surface area contributed by atoms with E-state index in [0.717, 1.165) is 28.9 Å². The molecule has 29 heavy (non-hydrogen) atoms. The lowest BCUT2D eigenvalue weighted by atomic mass is 10.1. The number of hydrogen-bond acceptors (Lipinski definition) is 4. The van der Waals surface area contributed by atoms with Crippen LogP contribution in [-0.2, 0) is 24.9 Å². The van der Waals surface area contributed by atoms with Gasteiger partial charge in [0.25, 0.3) is 0 Å². The van der Waals surface area contributed by atoms with E-state index in [-0.39, 0.29) is 18.3 Å². The first kappa shape index (κ1) is 22.5. The molecular weight excluding hydrogens is 388 g/mol. The fourth-order valence-corrected chi connectivity index (χ4v) is 2.96. The summed E-state index contributed by atoms with van der Waals surface area (Å²) in [5, 5.41) is 10.1. The van der Waals surface area contributed by atoms with Gasteiger partial charge in [-0.05, 0) is 36.7 Å². The third-order valence-corrected chi connectivity index (χ3v) is 4.49.